The summed E-state index contributed by atoms with van der Waals surface area (Å²) in [7, 11) is 0. The van der Waals surface area contributed by atoms with E-state index >= 15 is 0 Å². The highest BCUT2D eigenvalue weighted by Crippen LogP contribution is 2.13. The smallest absolute Gasteiger partial charge is 0.290 e. The first kappa shape index (κ1) is 21.2. The van der Waals surface area contributed by atoms with Crippen molar-refractivity contribution in [3.63, 3.8) is 0 Å². The van der Waals surface area contributed by atoms with Gasteiger partial charge in [-0.3, -0.25) is 9.59 Å². The lowest BCUT2D eigenvalue weighted by atomic mass is 10.1. The van der Waals surface area contributed by atoms with Crippen LogP contribution in [-0.2, 0) is 17.8 Å². The van der Waals surface area contributed by atoms with Crippen LogP contribution in [0.5, 0.6) is 0 Å². The monoisotopic (exact) mass is 406 g/mol. The lowest BCUT2D eigenvalue weighted by Crippen LogP contribution is -2.43. The van der Waals surface area contributed by atoms with Crippen molar-refractivity contribution in [2.24, 2.45) is 0 Å². The number of hydrogen-bond acceptors (Lipinski definition) is 4. The Balaban J connectivity index is 1.73. The second kappa shape index (κ2) is 10.3. The van der Waals surface area contributed by atoms with Crippen LogP contribution >= 0.6 is 0 Å². The summed E-state index contributed by atoms with van der Waals surface area (Å²) < 4.78 is 10.9. The van der Waals surface area contributed by atoms with Crippen LogP contribution in [0, 0.1) is 6.92 Å². The molecule has 0 unspecified atom stereocenters. The van der Waals surface area contributed by atoms with Crippen LogP contribution in [0.15, 0.2) is 82.3 Å². The molecule has 3 rings (SSSR count). The molecule has 2 amide bonds. The van der Waals surface area contributed by atoms with Gasteiger partial charge in [0.15, 0.2) is 5.76 Å². The summed E-state index contributed by atoms with van der Waals surface area (Å²) in [5.41, 5.74) is 1.14. The molecular formula is C24H26N2O4. The quantitative estimate of drug-likeness (QED) is 0.476. The fourth-order valence-electron chi connectivity index (χ4n) is 3.15. The number of carbonyl (C=O) groups is 2. The number of amides is 2. The minimum absolute atomic E-state index is 0.0694. The molecule has 0 aliphatic carbocycles. The van der Waals surface area contributed by atoms with E-state index in [4.69, 9.17) is 8.83 Å². The minimum atomic E-state index is -0.342. The molecule has 6 heteroatoms. The van der Waals surface area contributed by atoms with E-state index in [1.807, 2.05) is 49.4 Å². The highest BCUT2D eigenvalue weighted by atomic mass is 16.3. The molecule has 3 aromatic rings. The summed E-state index contributed by atoms with van der Waals surface area (Å²) in [4.78, 5) is 29.0. The highest BCUT2D eigenvalue weighted by Gasteiger charge is 2.23. The van der Waals surface area contributed by atoms with E-state index in [-0.39, 0.29) is 30.7 Å². The third kappa shape index (κ3) is 5.73. The van der Waals surface area contributed by atoms with Gasteiger partial charge in [0.25, 0.3) is 5.91 Å². The summed E-state index contributed by atoms with van der Waals surface area (Å²) >= 11 is 0. The molecule has 1 aromatic carbocycles. The average molecular weight is 406 g/mol. The molecule has 0 aliphatic heterocycles. The van der Waals surface area contributed by atoms with Gasteiger partial charge in [-0.15, -0.1) is 6.58 Å². The number of benzene rings is 1. The summed E-state index contributed by atoms with van der Waals surface area (Å²) in [6.45, 7) is 6.60. The van der Waals surface area contributed by atoms with Crippen LogP contribution in [0.25, 0.3) is 0 Å². The van der Waals surface area contributed by atoms with E-state index in [1.54, 1.807) is 23.1 Å². The van der Waals surface area contributed by atoms with Crippen molar-refractivity contribution in [3.8, 4) is 0 Å². The fourth-order valence-corrected chi connectivity index (χ4v) is 3.15. The fraction of sp³-hybridized carbons (Fsp3) is 0.250. The molecule has 0 saturated carbocycles. The standard InChI is InChI=1S/C24H26N2O4/c1-3-14-26(24(28)22-10-7-16-29-22)18-23(27)25(17-21-12-11-19(2)30-21)15-13-20-8-5-4-6-9-20/h3-12,16H,1,13-15,17-18H2,2H3. The lowest BCUT2D eigenvalue weighted by Gasteiger charge is -2.26. The third-order valence-electron chi connectivity index (χ3n) is 4.70. The molecule has 0 saturated heterocycles. The van der Waals surface area contributed by atoms with Crippen LogP contribution < -0.4 is 0 Å². The number of hydrogen-bond donors (Lipinski definition) is 0. The maximum absolute atomic E-state index is 13.2. The van der Waals surface area contributed by atoms with E-state index in [9.17, 15) is 9.59 Å². The van der Waals surface area contributed by atoms with Crippen LogP contribution in [0.2, 0.25) is 0 Å². The predicted octanol–water partition coefficient (Wildman–Crippen LogP) is 4.08. The Morgan fingerprint density at radius 3 is 2.47 bits per heavy atom. The molecule has 2 heterocycles. The van der Waals surface area contributed by atoms with Crippen LogP contribution in [0.1, 0.15) is 27.6 Å². The molecule has 2 aromatic heterocycles. The second-order valence-corrected chi connectivity index (χ2v) is 7.01. The van der Waals surface area contributed by atoms with Crippen molar-refractivity contribution < 1.29 is 18.4 Å². The van der Waals surface area contributed by atoms with Gasteiger partial charge >= 0.3 is 0 Å². The van der Waals surface area contributed by atoms with Gasteiger partial charge in [0.1, 0.15) is 18.1 Å². The molecule has 0 atom stereocenters. The third-order valence-corrected chi connectivity index (χ3v) is 4.70. The predicted molar refractivity (Wildman–Crippen MR) is 114 cm³/mol. The number of aryl methyl sites for hydroxylation is 1. The zero-order valence-electron chi connectivity index (χ0n) is 17.1. The van der Waals surface area contributed by atoms with Gasteiger partial charge in [-0.1, -0.05) is 36.4 Å². The Morgan fingerprint density at radius 1 is 1.03 bits per heavy atom. The molecule has 0 radical (unpaired) electrons. The van der Waals surface area contributed by atoms with Gasteiger partial charge in [-0.05, 0) is 43.2 Å². The van der Waals surface area contributed by atoms with E-state index in [0.717, 1.165) is 11.3 Å². The van der Waals surface area contributed by atoms with E-state index in [2.05, 4.69) is 6.58 Å². The summed E-state index contributed by atoms with van der Waals surface area (Å²) in [6, 6.07) is 17.0. The Hall–Kier alpha value is -3.54. The van der Waals surface area contributed by atoms with Crippen molar-refractivity contribution in [2.45, 2.75) is 19.9 Å². The molecule has 0 N–H and O–H groups in total. The molecule has 0 spiro atoms. The number of rotatable bonds is 10. The topological polar surface area (TPSA) is 66.9 Å². The molecule has 156 valence electrons. The Kier molecular flexibility index (Phi) is 7.27. The van der Waals surface area contributed by atoms with Gasteiger partial charge < -0.3 is 18.6 Å². The van der Waals surface area contributed by atoms with Crippen molar-refractivity contribution >= 4 is 11.8 Å². The summed E-state index contributed by atoms with van der Waals surface area (Å²) in [5, 5.41) is 0. The lowest BCUT2D eigenvalue weighted by molar-refractivity contribution is -0.132. The maximum Gasteiger partial charge on any atom is 0.290 e. The molecule has 6 nitrogen and oxygen atoms in total. The van der Waals surface area contributed by atoms with E-state index in [1.165, 1.54) is 11.2 Å². The zero-order chi connectivity index (χ0) is 21.3. The largest absolute Gasteiger partial charge is 0.464 e. The van der Waals surface area contributed by atoms with Gasteiger partial charge in [0.2, 0.25) is 5.91 Å². The Bertz CT molecular complexity index is 960. The number of nitrogens with zero attached hydrogens (tertiary/aromatic N) is 2. The van der Waals surface area contributed by atoms with E-state index < -0.39 is 0 Å². The zero-order valence-corrected chi connectivity index (χ0v) is 17.1. The van der Waals surface area contributed by atoms with Crippen molar-refractivity contribution in [2.75, 3.05) is 19.6 Å². The molecule has 0 aliphatic rings. The van der Waals surface area contributed by atoms with Crippen LogP contribution in [0.4, 0.5) is 0 Å². The Morgan fingerprint density at radius 2 is 1.83 bits per heavy atom. The van der Waals surface area contributed by atoms with Crippen LogP contribution in [0.3, 0.4) is 0 Å². The first-order valence-electron chi connectivity index (χ1n) is 9.87. The molecule has 0 bridgehead atoms. The maximum atomic E-state index is 13.2. The van der Waals surface area contributed by atoms with Gasteiger partial charge in [-0.2, -0.15) is 0 Å². The first-order valence-corrected chi connectivity index (χ1v) is 9.87. The average Bonchev–Trinajstić information content (AvgIpc) is 3.43. The Labute approximate surface area is 176 Å². The highest BCUT2D eigenvalue weighted by molar-refractivity contribution is 5.94. The van der Waals surface area contributed by atoms with Gasteiger partial charge in [0, 0.05) is 13.1 Å². The number of carbonyl (C=O) groups excluding carboxylic acids is 2. The van der Waals surface area contributed by atoms with Crippen molar-refractivity contribution in [3.05, 3.63) is 96.4 Å². The second-order valence-electron chi connectivity index (χ2n) is 7.01. The SMILES string of the molecule is C=CCN(CC(=O)N(CCc1ccccc1)Cc1ccc(C)o1)C(=O)c1ccco1. The molecule has 0 fully saturated rings. The normalized spacial score (nSPS) is 10.6. The summed E-state index contributed by atoms with van der Waals surface area (Å²) in [6.07, 6.45) is 3.74. The minimum Gasteiger partial charge on any atom is -0.464 e. The molecule has 30 heavy (non-hydrogen) atoms. The van der Waals surface area contributed by atoms with E-state index in [0.29, 0.717) is 25.3 Å². The van der Waals surface area contributed by atoms with Gasteiger partial charge in [-0.25, -0.2) is 0 Å². The van der Waals surface area contributed by atoms with Crippen molar-refractivity contribution in [1.82, 2.24) is 9.80 Å². The van der Waals surface area contributed by atoms with Crippen LogP contribution in [-0.4, -0.2) is 41.2 Å². The first-order chi connectivity index (χ1) is 14.6. The summed E-state index contributed by atoms with van der Waals surface area (Å²) in [5.74, 6) is 1.19. The van der Waals surface area contributed by atoms with Gasteiger partial charge in [0.05, 0.1) is 12.8 Å². The van der Waals surface area contributed by atoms with Crippen molar-refractivity contribution in [1.29, 1.82) is 0 Å². The number of furan rings is 2. The molecular weight excluding hydrogens is 380 g/mol.